The molecule has 35 heavy (non-hydrogen) atoms. The van der Waals surface area contributed by atoms with Crippen molar-refractivity contribution >= 4 is 23.3 Å². The summed E-state index contributed by atoms with van der Waals surface area (Å²) in [5.74, 6) is 0.743. The maximum absolute atomic E-state index is 14.3. The first-order chi connectivity index (χ1) is 17.0. The fourth-order valence-electron chi connectivity index (χ4n) is 3.62. The smallest absolute Gasteiger partial charge is 0.131 e. The molecule has 2 heterocycles. The summed E-state index contributed by atoms with van der Waals surface area (Å²) in [5.41, 5.74) is 3.38. The van der Waals surface area contributed by atoms with Crippen LogP contribution in [0, 0.1) is 0 Å². The molecule has 7 heteroatoms. The van der Waals surface area contributed by atoms with Gasteiger partial charge in [-0.2, -0.15) is 0 Å². The average Bonchev–Trinajstić information content (AvgIpc) is 3.12. The molecule has 0 spiro atoms. The largest absolute Gasteiger partial charge is 0.507 e. The Hall–Kier alpha value is -2.80. The van der Waals surface area contributed by atoms with E-state index in [-0.39, 0.29) is 18.0 Å². The van der Waals surface area contributed by atoms with Crippen molar-refractivity contribution in [3.05, 3.63) is 46.8 Å². The second-order valence-corrected chi connectivity index (χ2v) is 8.07. The number of aliphatic imine (C=N–C) groups is 1. The first-order valence-corrected chi connectivity index (χ1v) is 12.9. The summed E-state index contributed by atoms with van der Waals surface area (Å²) in [4.78, 5) is 6.21. The Kier molecular flexibility index (Phi) is 14.5. The SMILES string of the molecule is CC.CCC.CCC1=CC(c2ccc(/C(C=NC)=C(\F)CC)cc2O)=NN=C(N2CCNCC2)C1. The first-order valence-electron chi connectivity index (χ1n) is 12.9. The maximum Gasteiger partial charge on any atom is 0.131 e. The third kappa shape index (κ3) is 9.06. The predicted molar refractivity (Wildman–Crippen MR) is 150 cm³/mol. The molecule has 6 nitrogen and oxygen atoms in total. The molecular weight excluding hydrogens is 441 g/mol. The van der Waals surface area contributed by atoms with Gasteiger partial charge in [0.15, 0.2) is 0 Å². The Morgan fingerprint density at radius 2 is 1.80 bits per heavy atom. The monoisotopic (exact) mass is 485 g/mol. The zero-order valence-corrected chi connectivity index (χ0v) is 22.7. The van der Waals surface area contributed by atoms with Crippen LogP contribution in [0.3, 0.4) is 0 Å². The molecule has 2 aliphatic rings. The third-order valence-corrected chi connectivity index (χ3v) is 5.38. The lowest BCUT2D eigenvalue weighted by Gasteiger charge is -2.29. The van der Waals surface area contributed by atoms with Crippen LogP contribution in [0.4, 0.5) is 4.39 Å². The zero-order valence-electron chi connectivity index (χ0n) is 22.7. The molecule has 1 saturated heterocycles. The summed E-state index contributed by atoms with van der Waals surface area (Å²) in [7, 11) is 1.60. The molecule has 2 N–H and O–H groups in total. The van der Waals surface area contributed by atoms with Crippen molar-refractivity contribution in [2.75, 3.05) is 33.2 Å². The van der Waals surface area contributed by atoms with Crippen molar-refractivity contribution in [3.63, 3.8) is 0 Å². The number of hydrogen-bond donors (Lipinski definition) is 2. The zero-order chi connectivity index (χ0) is 26.2. The van der Waals surface area contributed by atoms with Crippen LogP contribution in [0.2, 0.25) is 0 Å². The predicted octanol–water partition coefficient (Wildman–Crippen LogP) is 6.37. The molecule has 0 radical (unpaired) electrons. The van der Waals surface area contributed by atoms with E-state index in [9.17, 15) is 9.50 Å². The molecule has 1 aromatic rings. The van der Waals surface area contributed by atoms with Crippen molar-refractivity contribution in [3.8, 4) is 5.75 Å². The second kappa shape index (κ2) is 16.8. The van der Waals surface area contributed by atoms with Crippen LogP contribution in [0.25, 0.3) is 5.57 Å². The van der Waals surface area contributed by atoms with Gasteiger partial charge in [0.05, 0.1) is 5.71 Å². The Morgan fingerprint density at radius 3 is 2.34 bits per heavy atom. The Balaban J connectivity index is 0.00000114. The first kappa shape index (κ1) is 30.2. The number of hydrogen-bond acceptors (Lipinski definition) is 6. The number of aromatic hydroxyl groups is 1. The van der Waals surface area contributed by atoms with Crippen LogP contribution in [0.1, 0.15) is 78.4 Å². The van der Waals surface area contributed by atoms with Gasteiger partial charge < -0.3 is 15.3 Å². The minimum atomic E-state index is -0.266. The number of allylic oxidation sites excluding steroid dienone is 3. The van der Waals surface area contributed by atoms with Crippen molar-refractivity contribution in [1.29, 1.82) is 0 Å². The van der Waals surface area contributed by atoms with E-state index in [0.29, 0.717) is 22.4 Å². The van der Waals surface area contributed by atoms with Crippen molar-refractivity contribution in [2.24, 2.45) is 15.2 Å². The summed E-state index contributed by atoms with van der Waals surface area (Å²) in [5, 5.41) is 23.1. The van der Waals surface area contributed by atoms with Gasteiger partial charge >= 0.3 is 0 Å². The lowest BCUT2D eigenvalue weighted by atomic mass is 9.98. The number of nitrogens with one attached hydrogen (secondary N) is 1. The van der Waals surface area contributed by atoms with Gasteiger partial charge in [0.1, 0.15) is 17.4 Å². The Labute approximate surface area is 211 Å². The molecule has 194 valence electrons. The number of benzene rings is 1. The van der Waals surface area contributed by atoms with Crippen LogP contribution in [0.5, 0.6) is 5.75 Å². The second-order valence-electron chi connectivity index (χ2n) is 8.07. The Bertz CT molecular complexity index is 941. The number of phenolic OH excluding ortho intramolecular Hbond substituents is 1. The number of halogens is 1. The van der Waals surface area contributed by atoms with Crippen molar-refractivity contribution in [1.82, 2.24) is 10.2 Å². The van der Waals surface area contributed by atoms with Crippen molar-refractivity contribution in [2.45, 2.75) is 67.2 Å². The molecule has 1 aromatic carbocycles. The quantitative estimate of drug-likeness (QED) is 0.476. The van der Waals surface area contributed by atoms with E-state index in [2.05, 4.69) is 46.2 Å². The topological polar surface area (TPSA) is 72.6 Å². The summed E-state index contributed by atoms with van der Waals surface area (Å²) >= 11 is 0. The summed E-state index contributed by atoms with van der Waals surface area (Å²) < 4.78 is 14.3. The van der Waals surface area contributed by atoms with Gasteiger partial charge in [0, 0.05) is 57.0 Å². The molecular formula is C28H44FN5O. The van der Waals surface area contributed by atoms with E-state index in [4.69, 9.17) is 0 Å². The highest BCUT2D eigenvalue weighted by Crippen LogP contribution is 2.28. The molecule has 2 aliphatic heterocycles. The van der Waals surface area contributed by atoms with E-state index >= 15 is 0 Å². The highest BCUT2D eigenvalue weighted by molar-refractivity contribution is 6.14. The van der Waals surface area contributed by atoms with Gasteiger partial charge in [-0.3, -0.25) is 4.99 Å². The minimum absolute atomic E-state index is 0.0460. The molecule has 0 unspecified atom stereocenters. The van der Waals surface area contributed by atoms with E-state index < -0.39 is 0 Å². The maximum atomic E-state index is 14.3. The number of nitrogens with zero attached hydrogens (tertiary/aromatic N) is 4. The van der Waals surface area contributed by atoms with Crippen LogP contribution in [0.15, 0.2) is 50.9 Å². The van der Waals surface area contributed by atoms with Crippen LogP contribution in [-0.4, -0.2) is 61.0 Å². The highest BCUT2D eigenvalue weighted by atomic mass is 19.1. The Morgan fingerprint density at radius 1 is 1.14 bits per heavy atom. The fraction of sp³-hybridized carbons (Fsp3) is 0.536. The average molecular weight is 486 g/mol. The van der Waals surface area contributed by atoms with Crippen LogP contribution >= 0.6 is 0 Å². The molecule has 0 aromatic heterocycles. The van der Waals surface area contributed by atoms with Crippen LogP contribution in [-0.2, 0) is 0 Å². The highest BCUT2D eigenvalue weighted by Gasteiger charge is 2.19. The molecule has 3 rings (SSSR count). The van der Waals surface area contributed by atoms with E-state index in [1.54, 1.807) is 32.2 Å². The molecule has 0 aliphatic carbocycles. The van der Waals surface area contributed by atoms with Gasteiger partial charge in [0.2, 0.25) is 0 Å². The lowest BCUT2D eigenvalue weighted by Crippen LogP contribution is -2.46. The molecule has 0 amide bonds. The fourth-order valence-corrected chi connectivity index (χ4v) is 3.62. The third-order valence-electron chi connectivity index (χ3n) is 5.38. The molecule has 0 bridgehead atoms. The number of piperazine rings is 1. The van der Waals surface area contributed by atoms with Gasteiger partial charge in [-0.15, -0.1) is 10.2 Å². The number of phenols is 1. The normalized spacial score (nSPS) is 16.6. The molecule has 0 saturated carbocycles. The lowest BCUT2D eigenvalue weighted by molar-refractivity contribution is 0.352. The summed E-state index contributed by atoms with van der Waals surface area (Å²) in [6, 6.07) is 5.12. The van der Waals surface area contributed by atoms with E-state index in [1.165, 1.54) is 18.2 Å². The molecule has 0 atom stereocenters. The van der Waals surface area contributed by atoms with Gasteiger partial charge in [-0.25, -0.2) is 4.39 Å². The van der Waals surface area contributed by atoms with Crippen LogP contribution < -0.4 is 5.32 Å². The standard InChI is InChI=1S/C23H30FN5O.C3H8.C2H6/c1-4-16-12-21(27-28-23(13-16)29-10-8-26-9-11-29)18-7-6-17(14-22(18)30)19(15-25-3)20(24)5-2;1-3-2;1-2/h6-7,12,14-15,26,30H,4-5,8-11,13H2,1-3H3;3H2,1-2H3;1-2H3/b20-19-,25-15?;;. The summed E-state index contributed by atoms with van der Waals surface area (Å²) in [6.07, 6.45) is 6.64. The summed E-state index contributed by atoms with van der Waals surface area (Å²) in [6.45, 7) is 15.8. The number of rotatable bonds is 5. The van der Waals surface area contributed by atoms with E-state index in [1.807, 2.05) is 19.9 Å². The van der Waals surface area contributed by atoms with Gasteiger partial charge in [-0.05, 0) is 36.6 Å². The van der Waals surface area contributed by atoms with Gasteiger partial charge in [-0.1, -0.05) is 59.6 Å². The number of amidine groups is 1. The van der Waals surface area contributed by atoms with Crippen molar-refractivity contribution < 1.29 is 9.50 Å². The van der Waals surface area contributed by atoms with E-state index in [0.717, 1.165) is 44.9 Å². The molecule has 1 fully saturated rings. The van der Waals surface area contributed by atoms with Gasteiger partial charge in [0.25, 0.3) is 0 Å². The minimum Gasteiger partial charge on any atom is -0.507 e.